The molecule has 92 valence electrons. The molecule has 0 saturated heterocycles. The molecule has 0 radical (unpaired) electrons. The molecule has 0 spiro atoms. The fourth-order valence-electron chi connectivity index (χ4n) is 1.96. The molecule has 0 aliphatic rings. The molecule has 1 N–H and O–H groups in total. The van der Waals surface area contributed by atoms with Crippen LogP contribution in [0.2, 0.25) is 0 Å². The van der Waals surface area contributed by atoms with Crippen LogP contribution >= 0.6 is 0 Å². The number of hydrogen-bond donors (Lipinski definition) is 1. The number of rotatable bonds is 8. The van der Waals surface area contributed by atoms with Crippen molar-refractivity contribution in [2.75, 3.05) is 20.8 Å². The van der Waals surface area contributed by atoms with Crippen LogP contribution in [-0.4, -0.2) is 26.8 Å². The Morgan fingerprint density at radius 1 is 1.07 bits per heavy atom. The second-order valence-corrected chi connectivity index (χ2v) is 5.40. The van der Waals surface area contributed by atoms with Gasteiger partial charge < -0.3 is 10.1 Å². The van der Waals surface area contributed by atoms with Gasteiger partial charge in [0.25, 0.3) is 0 Å². The molecule has 0 fully saturated rings. The van der Waals surface area contributed by atoms with Crippen molar-refractivity contribution in [3.05, 3.63) is 0 Å². The van der Waals surface area contributed by atoms with E-state index in [2.05, 4.69) is 33.1 Å². The second kappa shape index (κ2) is 8.12. The topological polar surface area (TPSA) is 21.3 Å². The first-order chi connectivity index (χ1) is 7.02. The smallest absolute Gasteiger partial charge is 0.0462 e. The molecule has 0 saturated carbocycles. The minimum atomic E-state index is 0.376. The lowest BCUT2D eigenvalue weighted by Crippen LogP contribution is -2.37. The molecular weight excluding hydrogens is 186 g/mol. The highest BCUT2D eigenvalue weighted by molar-refractivity contribution is 4.78. The summed E-state index contributed by atoms with van der Waals surface area (Å²) in [5.74, 6) is 0. The minimum absolute atomic E-state index is 0.376. The molecule has 0 aromatic carbocycles. The maximum atomic E-state index is 5.03. The van der Waals surface area contributed by atoms with Crippen LogP contribution in [0, 0.1) is 5.41 Å². The fourth-order valence-corrected chi connectivity index (χ4v) is 1.96. The molecule has 1 unspecified atom stereocenters. The van der Waals surface area contributed by atoms with Crippen molar-refractivity contribution in [3.63, 3.8) is 0 Å². The molecule has 0 aliphatic carbocycles. The first kappa shape index (κ1) is 14.9. The fraction of sp³-hybridized carbons (Fsp3) is 1.00. The highest BCUT2D eigenvalue weighted by Gasteiger charge is 2.21. The molecule has 0 heterocycles. The van der Waals surface area contributed by atoms with Crippen LogP contribution < -0.4 is 5.32 Å². The van der Waals surface area contributed by atoms with E-state index in [1.54, 1.807) is 7.11 Å². The number of unbranched alkanes of at least 4 members (excludes halogenated alkanes) is 3. The summed E-state index contributed by atoms with van der Waals surface area (Å²) in [5.41, 5.74) is 0.376. The zero-order chi connectivity index (χ0) is 11.7. The van der Waals surface area contributed by atoms with Crippen molar-refractivity contribution in [3.8, 4) is 0 Å². The molecule has 0 aliphatic heterocycles. The monoisotopic (exact) mass is 215 g/mol. The Morgan fingerprint density at radius 2 is 1.67 bits per heavy atom. The highest BCUT2D eigenvalue weighted by atomic mass is 16.5. The van der Waals surface area contributed by atoms with Gasteiger partial charge in [0.15, 0.2) is 0 Å². The van der Waals surface area contributed by atoms with Gasteiger partial charge in [-0.3, -0.25) is 0 Å². The Kier molecular flexibility index (Phi) is 8.07. The van der Waals surface area contributed by atoms with Crippen molar-refractivity contribution in [1.82, 2.24) is 5.32 Å². The van der Waals surface area contributed by atoms with Gasteiger partial charge in [-0.05, 0) is 25.3 Å². The first-order valence-corrected chi connectivity index (χ1v) is 6.18. The summed E-state index contributed by atoms with van der Waals surface area (Å²) in [6.45, 7) is 7.83. The maximum Gasteiger partial charge on any atom is 0.0462 e. The van der Waals surface area contributed by atoms with Gasteiger partial charge in [-0.1, -0.05) is 40.0 Å². The lowest BCUT2D eigenvalue weighted by Gasteiger charge is -2.30. The van der Waals surface area contributed by atoms with Crippen molar-refractivity contribution in [2.45, 2.75) is 58.9 Å². The van der Waals surface area contributed by atoms with Crippen molar-refractivity contribution >= 4 is 0 Å². The molecule has 1 atom stereocenters. The number of methoxy groups -OCH3 is 1. The Balaban J connectivity index is 3.48. The second-order valence-electron chi connectivity index (χ2n) is 5.40. The highest BCUT2D eigenvalue weighted by Crippen LogP contribution is 2.23. The molecule has 2 nitrogen and oxygen atoms in total. The van der Waals surface area contributed by atoms with Gasteiger partial charge in [-0.2, -0.15) is 0 Å². The lowest BCUT2D eigenvalue weighted by molar-refractivity contribution is 0.191. The van der Waals surface area contributed by atoms with E-state index in [1.165, 1.54) is 32.1 Å². The first-order valence-electron chi connectivity index (χ1n) is 6.18. The number of nitrogens with one attached hydrogen (secondary N) is 1. The maximum absolute atomic E-state index is 5.03. The summed E-state index contributed by atoms with van der Waals surface area (Å²) in [7, 11) is 3.84. The van der Waals surface area contributed by atoms with Crippen LogP contribution in [0.25, 0.3) is 0 Å². The van der Waals surface area contributed by atoms with Gasteiger partial charge in [0, 0.05) is 19.8 Å². The van der Waals surface area contributed by atoms with Gasteiger partial charge in [0.1, 0.15) is 0 Å². The van der Waals surface area contributed by atoms with Crippen LogP contribution in [0.15, 0.2) is 0 Å². The Hall–Kier alpha value is -0.0800. The van der Waals surface area contributed by atoms with Gasteiger partial charge in [-0.25, -0.2) is 0 Å². The summed E-state index contributed by atoms with van der Waals surface area (Å²) in [6, 6.07) is 0.639. The zero-order valence-electron chi connectivity index (χ0n) is 11.2. The molecule has 0 rings (SSSR count). The SMILES string of the molecule is CNC(CCCCCCOC)C(C)(C)C. The lowest BCUT2D eigenvalue weighted by atomic mass is 9.84. The summed E-state index contributed by atoms with van der Waals surface area (Å²) < 4.78 is 5.03. The van der Waals surface area contributed by atoms with E-state index in [0.717, 1.165) is 6.61 Å². The van der Waals surface area contributed by atoms with Gasteiger partial charge in [0.2, 0.25) is 0 Å². The third-order valence-electron chi connectivity index (χ3n) is 2.99. The molecule has 0 amide bonds. The molecule has 0 aromatic rings. The van der Waals surface area contributed by atoms with E-state index in [-0.39, 0.29) is 0 Å². The summed E-state index contributed by atoms with van der Waals surface area (Å²) in [6.07, 6.45) is 6.45. The van der Waals surface area contributed by atoms with Crippen molar-refractivity contribution in [2.24, 2.45) is 5.41 Å². The normalized spacial score (nSPS) is 14.2. The summed E-state index contributed by atoms with van der Waals surface area (Å²) in [4.78, 5) is 0. The van der Waals surface area contributed by atoms with Crippen LogP contribution in [0.5, 0.6) is 0 Å². The average Bonchev–Trinajstić information content (AvgIpc) is 2.15. The molecule has 15 heavy (non-hydrogen) atoms. The van der Waals surface area contributed by atoms with Crippen LogP contribution in [-0.2, 0) is 4.74 Å². The van der Waals surface area contributed by atoms with Crippen molar-refractivity contribution < 1.29 is 4.74 Å². The van der Waals surface area contributed by atoms with Crippen molar-refractivity contribution in [1.29, 1.82) is 0 Å². The van der Waals surface area contributed by atoms with E-state index in [4.69, 9.17) is 4.74 Å². The Bertz CT molecular complexity index is 140. The quantitative estimate of drug-likeness (QED) is 0.628. The van der Waals surface area contributed by atoms with Crippen LogP contribution in [0.3, 0.4) is 0 Å². The van der Waals surface area contributed by atoms with E-state index < -0.39 is 0 Å². The van der Waals surface area contributed by atoms with Crippen LogP contribution in [0.4, 0.5) is 0 Å². The summed E-state index contributed by atoms with van der Waals surface area (Å²) in [5, 5.41) is 3.42. The number of ether oxygens (including phenoxy) is 1. The molecule has 0 aromatic heterocycles. The van der Waals surface area contributed by atoms with Gasteiger partial charge in [0.05, 0.1) is 0 Å². The van der Waals surface area contributed by atoms with Crippen LogP contribution in [0.1, 0.15) is 52.9 Å². The van der Waals surface area contributed by atoms with E-state index in [9.17, 15) is 0 Å². The Labute approximate surface area is 95.8 Å². The Morgan fingerprint density at radius 3 is 2.13 bits per heavy atom. The average molecular weight is 215 g/mol. The predicted molar refractivity (Wildman–Crippen MR) is 67.3 cm³/mol. The molecular formula is C13H29NO. The minimum Gasteiger partial charge on any atom is -0.385 e. The van der Waals surface area contributed by atoms with E-state index in [1.807, 2.05) is 0 Å². The van der Waals surface area contributed by atoms with Gasteiger partial charge >= 0.3 is 0 Å². The summed E-state index contributed by atoms with van der Waals surface area (Å²) >= 11 is 0. The van der Waals surface area contributed by atoms with Gasteiger partial charge in [-0.15, -0.1) is 0 Å². The standard InChI is InChI=1S/C13H29NO/c1-13(2,3)12(14-4)10-8-6-7-9-11-15-5/h12,14H,6-11H2,1-5H3. The van der Waals surface area contributed by atoms with E-state index >= 15 is 0 Å². The number of hydrogen-bond acceptors (Lipinski definition) is 2. The predicted octanol–water partition coefficient (Wildman–Crippen LogP) is 3.22. The largest absolute Gasteiger partial charge is 0.385 e. The molecule has 0 bridgehead atoms. The van der Waals surface area contributed by atoms with E-state index in [0.29, 0.717) is 11.5 Å². The third kappa shape index (κ3) is 7.80. The molecule has 2 heteroatoms. The third-order valence-corrected chi connectivity index (χ3v) is 2.99. The zero-order valence-corrected chi connectivity index (χ0v) is 11.2.